The number of hydrogen-bond acceptors (Lipinski definition) is 3. The predicted molar refractivity (Wildman–Crippen MR) is 61.5 cm³/mol. The van der Waals surface area contributed by atoms with Crippen LogP contribution >= 0.6 is 0 Å². The van der Waals surface area contributed by atoms with E-state index < -0.39 is 5.60 Å². The molecule has 3 nitrogen and oxygen atoms in total. The summed E-state index contributed by atoms with van der Waals surface area (Å²) in [4.78, 5) is 3.94. The van der Waals surface area contributed by atoms with E-state index in [1.807, 2.05) is 0 Å². The normalized spacial score (nSPS) is 15.0. The predicted octanol–water partition coefficient (Wildman–Crippen LogP) is 3.06. The van der Waals surface area contributed by atoms with Gasteiger partial charge < -0.3 is 5.32 Å². The fourth-order valence-corrected chi connectivity index (χ4v) is 0.625. The second kappa shape index (κ2) is 11.0. The number of rotatable bonds is 0. The Kier molecular flexibility index (Phi) is 12.8. The van der Waals surface area contributed by atoms with Crippen LogP contribution in [0.5, 0.6) is 0 Å². The summed E-state index contributed by atoms with van der Waals surface area (Å²) in [5, 5.41) is 11.1. The van der Waals surface area contributed by atoms with Crippen molar-refractivity contribution < 1.29 is 10.1 Å². The van der Waals surface area contributed by atoms with Gasteiger partial charge in [0.15, 0.2) is 0 Å². The first kappa shape index (κ1) is 16.3. The van der Waals surface area contributed by atoms with Crippen molar-refractivity contribution in [3.63, 3.8) is 0 Å². The highest BCUT2D eigenvalue weighted by Crippen LogP contribution is 2.01. The van der Waals surface area contributed by atoms with E-state index in [0.717, 1.165) is 0 Å². The molecule has 2 N–H and O–H groups in total. The SMILES string of the molecule is C1CCNC1.CC(C)(C)OO.CCC. The zero-order chi connectivity index (χ0) is 11.4. The summed E-state index contributed by atoms with van der Waals surface area (Å²) in [6, 6.07) is 0. The summed E-state index contributed by atoms with van der Waals surface area (Å²) in [7, 11) is 0. The molecule has 0 spiro atoms. The maximum atomic E-state index is 7.90. The van der Waals surface area contributed by atoms with Crippen molar-refractivity contribution in [2.45, 2.75) is 59.5 Å². The lowest BCUT2D eigenvalue weighted by Crippen LogP contribution is -2.15. The fraction of sp³-hybridized carbons (Fsp3) is 1.00. The summed E-state index contributed by atoms with van der Waals surface area (Å²) >= 11 is 0. The molecule has 1 rings (SSSR count). The molecule has 1 aliphatic rings. The molecule has 0 bridgehead atoms. The van der Waals surface area contributed by atoms with Gasteiger partial charge in [0.05, 0.1) is 5.60 Å². The Morgan fingerprint density at radius 3 is 1.50 bits per heavy atom. The first-order valence-electron chi connectivity index (χ1n) is 5.51. The van der Waals surface area contributed by atoms with Gasteiger partial charge >= 0.3 is 0 Å². The van der Waals surface area contributed by atoms with Gasteiger partial charge in [0, 0.05) is 0 Å². The Balaban J connectivity index is 0. The third kappa shape index (κ3) is 22.6. The minimum atomic E-state index is -0.403. The molecular weight excluding hydrogens is 178 g/mol. The van der Waals surface area contributed by atoms with Crippen LogP contribution in [0.25, 0.3) is 0 Å². The molecule has 3 heteroatoms. The highest BCUT2D eigenvalue weighted by Gasteiger charge is 2.06. The molecule has 88 valence electrons. The van der Waals surface area contributed by atoms with E-state index in [9.17, 15) is 0 Å². The Bertz CT molecular complexity index is 88.3. The van der Waals surface area contributed by atoms with Crippen molar-refractivity contribution in [1.29, 1.82) is 0 Å². The minimum absolute atomic E-state index is 0.403. The summed E-state index contributed by atoms with van der Waals surface area (Å²) in [5.74, 6) is 0. The summed E-state index contributed by atoms with van der Waals surface area (Å²) < 4.78 is 0. The molecule has 1 fully saturated rings. The standard InChI is InChI=1S/C4H9N.C4H10O2.C3H8/c1-2-4-5-3-1;1-4(2,3)6-5;1-3-2/h5H,1-4H2;5H,1-3H3;3H2,1-2H3. The van der Waals surface area contributed by atoms with Crippen molar-refractivity contribution in [1.82, 2.24) is 5.32 Å². The van der Waals surface area contributed by atoms with Crippen LogP contribution in [0.15, 0.2) is 0 Å². The van der Waals surface area contributed by atoms with Crippen LogP contribution in [0, 0.1) is 0 Å². The summed E-state index contributed by atoms with van der Waals surface area (Å²) in [6.45, 7) is 12.1. The fourth-order valence-electron chi connectivity index (χ4n) is 0.625. The Hall–Kier alpha value is -0.120. The van der Waals surface area contributed by atoms with Gasteiger partial charge in [-0.25, -0.2) is 4.89 Å². The largest absolute Gasteiger partial charge is 0.317 e. The van der Waals surface area contributed by atoms with E-state index in [1.165, 1.54) is 32.4 Å². The van der Waals surface area contributed by atoms with E-state index in [1.54, 1.807) is 20.8 Å². The Morgan fingerprint density at radius 1 is 1.14 bits per heavy atom. The molecule has 1 aliphatic heterocycles. The molecule has 0 saturated carbocycles. The average Bonchev–Trinajstić information content (AvgIpc) is 2.61. The third-order valence-corrected chi connectivity index (χ3v) is 1.23. The van der Waals surface area contributed by atoms with Crippen LogP contribution in [-0.2, 0) is 4.89 Å². The molecule has 0 aliphatic carbocycles. The first-order chi connectivity index (χ1) is 6.47. The number of nitrogens with one attached hydrogen (secondary N) is 1. The van der Waals surface area contributed by atoms with Crippen LogP contribution in [0.3, 0.4) is 0 Å². The molecule has 14 heavy (non-hydrogen) atoms. The maximum absolute atomic E-state index is 7.90. The molecule has 0 aromatic carbocycles. The lowest BCUT2D eigenvalue weighted by molar-refractivity contribution is -0.306. The molecule has 0 unspecified atom stereocenters. The van der Waals surface area contributed by atoms with Crippen molar-refractivity contribution in [3.05, 3.63) is 0 Å². The van der Waals surface area contributed by atoms with Crippen LogP contribution in [-0.4, -0.2) is 23.9 Å². The second-order valence-electron chi connectivity index (χ2n) is 4.37. The second-order valence-corrected chi connectivity index (χ2v) is 4.37. The molecule has 0 aromatic rings. The van der Waals surface area contributed by atoms with E-state index >= 15 is 0 Å². The van der Waals surface area contributed by atoms with Gasteiger partial charge in [0.2, 0.25) is 0 Å². The van der Waals surface area contributed by atoms with E-state index in [0.29, 0.717) is 0 Å². The van der Waals surface area contributed by atoms with E-state index in [-0.39, 0.29) is 0 Å². The molecular formula is C11H27NO2. The van der Waals surface area contributed by atoms with Gasteiger partial charge in [-0.1, -0.05) is 20.3 Å². The average molecular weight is 205 g/mol. The molecule has 1 saturated heterocycles. The van der Waals surface area contributed by atoms with Crippen molar-refractivity contribution in [2.24, 2.45) is 0 Å². The molecule has 0 aromatic heterocycles. The van der Waals surface area contributed by atoms with Gasteiger partial charge in [-0.2, -0.15) is 0 Å². The van der Waals surface area contributed by atoms with E-state index in [2.05, 4.69) is 24.1 Å². The minimum Gasteiger partial charge on any atom is -0.317 e. The monoisotopic (exact) mass is 205 g/mol. The highest BCUT2D eigenvalue weighted by molar-refractivity contribution is 4.55. The van der Waals surface area contributed by atoms with Crippen molar-refractivity contribution >= 4 is 0 Å². The van der Waals surface area contributed by atoms with Crippen LogP contribution in [0.2, 0.25) is 0 Å². The first-order valence-corrected chi connectivity index (χ1v) is 5.51. The van der Waals surface area contributed by atoms with Crippen LogP contribution in [0.1, 0.15) is 53.9 Å². The zero-order valence-electron chi connectivity index (χ0n) is 10.4. The summed E-state index contributed by atoms with van der Waals surface area (Å²) in [5.41, 5.74) is -0.403. The van der Waals surface area contributed by atoms with Crippen LogP contribution in [0.4, 0.5) is 0 Å². The molecule has 0 atom stereocenters. The van der Waals surface area contributed by atoms with Gasteiger partial charge in [-0.05, 0) is 46.7 Å². The van der Waals surface area contributed by atoms with Crippen LogP contribution < -0.4 is 5.32 Å². The molecule has 0 radical (unpaired) electrons. The lowest BCUT2D eigenvalue weighted by Gasteiger charge is -2.10. The highest BCUT2D eigenvalue weighted by atomic mass is 17.1. The third-order valence-electron chi connectivity index (χ3n) is 1.23. The van der Waals surface area contributed by atoms with Gasteiger partial charge in [-0.3, -0.25) is 5.26 Å². The van der Waals surface area contributed by atoms with Gasteiger partial charge in [0.1, 0.15) is 0 Å². The summed E-state index contributed by atoms with van der Waals surface area (Å²) in [6.07, 6.45) is 4.03. The van der Waals surface area contributed by atoms with E-state index in [4.69, 9.17) is 5.26 Å². The van der Waals surface area contributed by atoms with Crippen molar-refractivity contribution in [2.75, 3.05) is 13.1 Å². The molecule has 0 amide bonds. The Labute approximate surface area is 88.8 Å². The zero-order valence-corrected chi connectivity index (χ0v) is 10.4. The maximum Gasteiger partial charge on any atom is 0.0949 e. The topological polar surface area (TPSA) is 41.5 Å². The van der Waals surface area contributed by atoms with Gasteiger partial charge in [0.25, 0.3) is 0 Å². The smallest absolute Gasteiger partial charge is 0.0949 e. The van der Waals surface area contributed by atoms with Gasteiger partial charge in [-0.15, -0.1) is 0 Å². The quantitative estimate of drug-likeness (QED) is 0.472. The molecule has 1 heterocycles. The number of hydrogen-bond donors (Lipinski definition) is 2. The van der Waals surface area contributed by atoms with Crippen molar-refractivity contribution in [3.8, 4) is 0 Å². The Morgan fingerprint density at radius 2 is 1.43 bits per heavy atom. The lowest BCUT2D eigenvalue weighted by atomic mass is 10.2.